The summed E-state index contributed by atoms with van der Waals surface area (Å²) in [4.78, 5) is 3.64. The Labute approximate surface area is 76.7 Å². The van der Waals surface area contributed by atoms with Crippen molar-refractivity contribution >= 4 is 0 Å². The van der Waals surface area contributed by atoms with Crippen molar-refractivity contribution in [2.24, 2.45) is 0 Å². The molecule has 1 heterocycles. The Morgan fingerprint density at radius 2 is 2.38 bits per heavy atom. The number of aromatic nitrogens is 1. The van der Waals surface area contributed by atoms with E-state index < -0.39 is 0 Å². The van der Waals surface area contributed by atoms with Crippen molar-refractivity contribution in [3.8, 4) is 5.75 Å². The third kappa shape index (κ3) is 1.97. The highest BCUT2D eigenvalue weighted by molar-refractivity contribution is 5.25. The summed E-state index contributed by atoms with van der Waals surface area (Å²) in [7, 11) is 0. The molecule has 1 aliphatic rings. The number of rotatable bonds is 3. The van der Waals surface area contributed by atoms with Crippen molar-refractivity contribution in [1.82, 2.24) is 4.98 Å². The quantitative estimate of drug-likeness (QED) is 0.667. The summed E-state index contributed by atoms with van der Waals surface area (Å²) >= 11 is 0. The zero-order valence-corrected chi connectivity index (χ0v) is 7.59. The highest BCUT2D eigenvalue weighted by Crippen LogP contribution is 2.27. The number of aryl methyl sites for hydroxylation is 1. The van der Waals surface area contributed by atoms with Crippen molar-refractivity contribution in [3.63, 3.8) is 0 Å². The van der Waals surface area contributed by atoms with Gasteiger partial charge in [0, 0.05) is 5.56 Å². The molecule has 0 radical (unpaired) electrons. The van der Waals surface area contributed by atoms with Gasteiger partial charge in [-0.2, -0.15) is 4.39 Å². The second-order valence-electron chi connectivity index (χ2n) is 3.29. The molecule has 0 bridgehead atoms. The molecule has 0 saturated heterocycles. The van der Waals surface area contributed by atoms with E-state index in [-0.39, 0.29) is 5.95 Å². The third-order valence-corrected chi connectivity index (χ3v) is 2.09. The van der Waals surface area contributed by atoms with Crippen LogP contribution in [0.4, 0.5) is 4.39 Å². The molecule has 2 rings (SSSR count). The van der Waals surface area contributed by atoms with Gasteiger partial charge in [0.1, 0.15) is 5.75 Å². The summed E-state index contributed by atoms with van der Waals surface area (Å²) in [6.07, 6.45) is 4.67. The van der Waals surface area contributed by atoms with Crippen LogP contribution < -0.4 is 4.74 Å². The molecule has 1 fully saturated rings. The van der Waals surface area contributed by atoms with Crippen molar-refractivity contribution in [2.75, 3.05) is 0 Å². The van der Waals surface area contributed by atoms with Crippen molar-refractivity contribution in [1.29, 1.82) is 0 Å². The Balaban J connectivity index is 2.16. The van der Waals surface area contributed by atoms with E-state index in [9.17, 15) is 4.39 Å². The Hall–Kier alpha value is -1.12. The Kier molecular flexibility index (Phi) is 2.17. The molecule has 70 valence electrons. The number of nitrogens with zero attached hydrogens (tertiary/aromatic N) is 1. The number of hydrogen-bond donors (Lipinski definition) is 0. The highest BCUT2D eigenvalue weighted by Gasteiger charge is 2.23. The van der Waals surface area contributed by atoms with Gasteiger partial charge in [-0.15, -0.1) is 0 Å². The lowest BCUT2D eigenvalue weighted by atomic mass is 10.2. The lowest BCUT2D eigenvalue weighted by molar-refractivity contribution is 0.300. The molecule has 0 spiro atoms. The van der Waals surface area contributed by atoms with Crippen LogP contribution in [0.5, 0.6) is 5.75 Å². The molecule has 0 unspecified atom stereocenters. The highest BCUT2D eigenvalue weighted by atomic mass is 19.1. The van der Waals surface area contributed by atoms with E-state index in [4.69, 9.17) is 4.74 Å². The summed E-state index contributed by atoms with van der Waals surface area (Å²) < 4.78 is 18.4. The molecule has 1 saturated carbocycles. The van der Waals surface area contributed by atoms with E-state index in [2.05, 4.69) is 4.98 Å². The van der Waals surface area contributed by atoms with Crippen molar-refractivity contribution in [3.05, 3.63) is 23.8 Å². The minimum atomic E-state index is -0.384. The summed E-state index contributed by atoms with van der Waals surface area (Å²) in [5.41, 5.74) is 0.623. The molecule has 0 aromatic carbocycles. The number of ether oxygens (including phenoxy) is 1. The first-order valence-corrected chi connectivity index (χ1v) is 4.60. The molecule has 1 aromatic heterocycles. The van der Waals surface area contributed by atoms with Gasteiger partial charge in [-0.25, -0.2) is 4.98 Å². The maximum absolute atomic E-state index is 13.0. The van der Waals surface area contributed by atoms with Gasteiger partial charge in [0.15, 0.2) is 0 Å². The minimum Gasteiger partial charge on any atom is -0.489 e. The topological polar surface area (TPSA) is 22.1 Å². The zero-order valence-electron chi connectivity index (χ0n) is 7.59. The molecule has 13 heavy (non-hydrogen) atoms. The van der Waals surface area contributed by atoms with E-state index in [0.717, 1.165) is 12.8 Å². The average molecular weight is 181 g/mol. The second-order valence-corrected chi connectivity index (χ2v) is 3.29. The van der Waals surface area contributed by atoms with Crippen LogP contribution in [0.15, 0.2) is 12.3 Å². The van der Waals surface area contributed by atoms with E-state index >= 15 is 0 Å². The summed E-state index contributed by atoms with van der Waals surface area (Å²) in [6, 6.07) is 1.74. The molecular formula is C10H12FNO. The first-order valence-electron chi connectivity index (χ1n) is 4.60. The maximum Gasteiger partial charge on any atom is 0.216 e. The van der Waals surface area contributed by atoms with Gasteiger partial charge in [-0.1, -0.05) is 6.92 Å². The fraction of sp³-hybridized carbons (Fsp3) is 0.500. The largest absolute Gasteiger partial charge is 0.489 e. The third-order valence-electron chi connectivity index (χ3n) is 2.09. The van der Waals surface area contributed by atoms with Crippen LogP contribution in [0.2, 0.25) is 0 Å². The van der Waals surface area contributed by atoms with Crippen LogP contribution in [0.3, 0.4) is 0 Å². The van der Waals surface area contributed by atoms with Gasteiger partial charge in [0.2, 0.25) is 5.95 Å². The SMILES string of the molecule is CCc1cc(OC2CC2)cnc1F. The van der Waals surface area contributed by atoms with Crippen LogP contribution in [-0.4, -0.2) is 11.1 Å². The Bertz CT molecular complexity index is 310. The van der Waals surface area contributed by atoms with Gasteiger partial charge in [-0.05, 0) is 25.3 Å². The normalized spacial score (nSPS) is 15.8. The second kappa shape index (κ2) is 3.32. The maximum atomic E-state index is 13.0. The van der Waals surface area contributed by atoms with E-state index in [1.165, 1.54) is 6.20 Å². The molecular weight excluding hydrogens is 169 g/mol. The summed E-state index contributed by atoms with van der Waals surface area (Å²) in [5.74, 6) is 0.311. The average Bonchev–Trinajstić information content (AvgIpc) is 2.92. The lowest BCUT2D eigenvalue weighted by Crippen LogP contribution is -1.99. The molecule has 0 amide bonds. The fourth-order valence-electron chi connectivity index (χ4n) is 1.16. The van der Waals surface area contributed by atoms with Crippen molar-refractivity contribution < 1.29 is 9.13 Å². The fourth-order valence-corrected chi connectivity index (χ4v) is 1.16. The lowest BCUT2D eigenvalue weighted by Gasteiger charge is -2.05. The van der Waals surface area contributed by atoms with Gasteiger partial charge >= 0.3 is 0 Å². The molecule has 0 aliphatic heterocycles. The van der Waals surface area contributed by atoms with Crippen LogP contribution in [0.25, 0.3) is 0 Å². The summed E-state index contributed by atoms with van der Waals surface area (Å²) in [6.45, 7) is 1.90. The molecule has 1 aromatic rings. The van der Waals surface area contributed by atoms with Crippen molar-refractivity contribution in [2.45, 2.75) is 32.3 Å². The molecule has 1 aliphatic carbocycles. The first kappa shape index (κ1) is 8.48. The van der Waals surface area contributed by atoms with Gasteiger partial charge in [0.05, 0.1) is 12.3 Å². The first-order chi connectivity index (χ1) is 6.29. The molecule has 0 atom stereocenters. The zero-order chi connectivity index (χ0) is 9.26. The van der Waals surface area contributed by atoms with E-state index in [1.807, 2.05) is 6.92 Å². The van der Waals surface area contributed by atoms with Gasteiger partial charge < -0.3 is 4.74 Å². The smallest absolute Gasteiger partial charge is 0.216 e. The monoisotopic (exact) mass is 181 g/mol. The predicted molar refractivity (Wildman–Crippen MR) is 47.2 cm³/mol. The van der Waals surface area contributed by atoms with Crippen LogP contribution in [0.1, 0.15) is 25.3 Å². The van der Waals surface area contributed by atoms with Crippen LogP contribution in [0, 0.1) is 5.95 Å². The summed E-state index contributed by atoms with van der Waals surface area (Å²) in [5, 5.41) is 0. The Morgan fingerprint density at radius 1 is 1.62 bits per heavy atom. The van der Waals surface area contributed by atoms with Gasteiger partial charge in [0.25, 0.3) is 0 Å². The predicted octanol–water partition coefficient (Wildman–Crippen LogP) is 2.32. The minimum absolute atomic E-state index is 0.344. The standard InChI is InChI=1S/C10H12FNO/c1-2-7-5-9(6-12-10(7)11)13-8-3-4-8/h5-6,8H,2-4H2,1H3. The van der Waals surface area contributed by atoms with E-state index in [0.29, 0.717) is 23.8 Å². The molecule has 0 N–H and O–H groups in total. The molecule has 3 heteroatoms. The van der Waals surface area contributed by atoms with Crippen LogP contribution in [-0.2, 0) is 6.42 Å². The van der Waals surface area contributed by atoms with Gasteiger partial charge in [-0.3, -0.25) is 0 Å². The Morgan fingerprint density at radius 3 is 3.00 bits per heavy atom. The number of halogens is 1. The molecule has 2 nitrogen and oxygen atoms in total. The van der Waals surface area contributed by atoms with Crippen LogP contribution >= 0.6 is 0 Å². The van der Waals surface area contributed by atoms with E-state index in [1.54, 1.807) is 6.07 Å². The number of pyridine rings is 1. The number of hydrogen-bond acceptors (Lipinski definition) is 2.